The number of nitrogens with zero attached hydrogens (tertiary/aromatic N) is 1. The average Bonchev–Trinajstić information content (AvgIpc) is 2.66. The maximum absolute atomic E-state index is 12.1. The van der Waals surface area contributed by atoms with E-state index < -0.39 is 0 Å². The highest BCUT2D eigenvalue weighted by atomic mass is 35.5. The van der Waals surface area contributed by atoms with E-state index in [0.717, 1.165) is 25.2 Å². The number of benzene rings is 2. The van der Waals surface area contributed by atoms with Crippen molar-refractivity contribution < 1.29 is 9.90 Å². The topological polar surface area (TPSA) is 52.6 Å². The summed E-state index contributed by atoms with van der Waals surface area (Å²) in [4.78, 5) is 14.5. The molecule has 2 aromatic carbocycles. The second-order valence-corrected chi connectivity index (χ2v) is 7.25. The second-order valence-electron chi connectivity index (χ2n) is 6.84. The molecule has 1 amide bonds. The molecule has 1 saturated heterocycles. The summed E-state index contributed by atoms with van der Waals surface area (Å²) in [5, 5.41) is 12.7. The number of likely N-dealkylation sites (tertiary alicyclic amines) is 1. The molecule has 1 fully saturated rings. The Labute approximate surface area is 159 Å². The molecule has 1 aliphatic rings. The fourth-order valence-electron chi connectivity index (χ4n) is 3.48. The van der Waals surface area contributed by atoms with Crippen LogP contribution in [0, 0.1) is 0 Å². The number of nitrogens with one attached hydrogen (secondary N) is 1. The van der Waals surface area contributed by atoms with Gasteiger partial charge in [-0.05, 0) is 55.1 Å². The number of piperidine rings is 1. The highest BCUT2D eigenvalue weighted by molar-refractivity contribution is 6.32. The number of aromatic hydroxyl groups is 1. The fraction of sp³-hybridized carbons (Fsp3) is 0.381. The van der Waals surface area contributed by atoms with Crippen LogP contribution >= 0.6 is 11.6 Å². The van der Waals surface area contributed by atoms with E-state index in [1.165, 1.54) is 24.5 Å². The summed E-state index contributed by atoms with van der Waals surface area (Å²) >= 11 is 5.87. The van der Waals surface area contributed by atoms with Gasteiger partial charge in [0.2, 0.25) is 5.91 Å². The van der Waals surface area contributed by atoms with Gasteiger partial charge < -0.3 is 15.3 Å². The van der Waals surface area contributed by atoms with Crippen molar-refractivity contribution >= 4 is 17.5 Å². The third-order valence-corrected chi connectivity index (χ3v) is 5.29. The first-order valence-electron chi connectivity index (χ1n) is 9.13. The number of carbonyl (C=O) groups excluding carboxylic acids is 1. The zero-order valence-corrected chi connectivity index (χ0v) is 15.6. The number of rotatable bonds is 6. The average molecular weight is 373 g/mol. The number of halogens is 1. The summed E-state index contributed by atoms with van der Waals surface area (Å²) in [6.07, 6.45) is 2.62. The van der Waals surface area contributed by atoms with Crippen LogP contribution < -0.4 is 5.32 Å². The van der Waals surface area contributed by atoms with Crippen molar-refractivity contribution in [2.45, 2.75) is 25.2 Å². The summed E-state index contributed by atoms with van der Waals surface area (Å²) < 4.78 is 0. The van der Waals surface area contributed by atoms with Crippen molar-refractivity contribution in [3.8, 4) is 5.75 Å². The van der Waals surface area contributed by atoms with Crippen LogP contribution in [0.15, 0.2) is 48.5 Å². The van der Waals surface area contributed by atoms with E-state index in [4.69, 9.17) is 11.6 Å². The van der Waals surface area contributed by atoms with Crippen LogP contribution in [-0.4, -0.2) is 42.1 Å². The number of phenolic OH excluding ortho intramolecular Hbond substituents is 1. The standard InChI is InChI=1S/C21H25ClN2O2/c22-19-14-16(6-7-20(19)25)15-21(26)23-10-13-24-11-8-18(9-12-24)17-4-2-1-3-5-17/h1-7,14,18,25H,8-13,15H2,(H,23,26). The molecule has 0 unspecified atom stereocenters. The van der Waals surface area contributed by atoms with Crippen molar-refractivity contribution in [2.75, 3.05) is 26.2 Å². The molecule has 0 atom stereocenters. The Hall–Kier alpha value is -2.04. The minimum Gasteiger partial charge on any atom is -0.506 e. The highest BCUT2D eigenvalue weighted by Crippen LogP contribution is 2.27. The largest absolute Gasteiger partial charge is 0.506 e. The van der Waals surface area contributed by atoms with Gasteiger partial charge in [0, 0.05) is 13.1 Å². The summed E-state index contributed by atoms with van der Waals surface area (Å²) in [6, 6.07) is 15.6. The van der Waals surface area contributed by atoms with E-state index in [1.807, 2.05) is 0 Å². The Morgan fingerprint density at radius 2 is 1.88 bits per heavy atom. The van der Waals surface area contributed by atoms with E-state index in [9.17, 15) is 9.90 Å². The van der Waals surface area contributed by atoms with E-state index in [-0.39, 0.29) is 23.1 Å². The van der Waals surface area contributed by atoms with E-state index >= 15 is 0 Å². The zero-order valence-electron chi connectivity index (χ0n) is 14.8. The first-order chi connectivity index (χ1) is 12.6. The Morgan fingerprint density at radius 1 is 1.15 bits per heavy atom. The maximum atomic E-state index is 12.1. The Morgan fingerprint density at radius 3 is 2.58 bits per heavy atom. The first kappa shape index (κ1) is 18.7. The van der Waals surface area contributed by atoms with E-state index in [0.29, 0.717) is 12.5 Å². The van der Waals surface area contributed by atoms with Gasteiger partial charge in [0.05, 0.1) is 11.4 Å². The minimum atomic E-state index is -0.0223. The Bertz CT molecular complexity index is 728. The monoisotopic (exact) mass is 372 g/mol. The van der Waals surface area contributed by atoms with E-state index in [2.05, 4.69) is 40.5 Å². The molecule has 26 heavy (non-hydrogen) atoms. The summed E-state index contributed by atoms with van der Waals surface area (Å²) in [5.41, 5.74) is 2.24. The quantitative estimate of drug-likeness (QED) is 0.814. The fourth-order valence-corrected chi connectivity index (χ4v) is 3.68. The summed E-state index contributed by atoms with van der Waals surface area (Å²) in [5.74, 6) is 0.668. The van der Waals surface area contributed by atoms with Crippen molar-refractivity contribution in [3.63, 3.8) is 0 Å². The van der Waals surface area contributed by atoms with E-state index in [1.54, 1.807) is 12.1 Å². The lowest BCUT2D eigenvalue weighted by Crippen LogP contribution is -2.39. The third kappa shape index (κ3) is 5.23. The molecule has 0 saturated carbocycles. The Kier molecular flexibility index (Phi) is 6.53. The van der Waals surface area contributed by atoms with Crippen LogP contribution in [0.2, 0.25) is 5.02 Å². The number of phenols is 1. The molecule has 0 aromatic heterocycles. The molecule has 4 nitrogen and oxygen atoms in total. The molecule has 3 rings (SSSR count). The van der Waals surface area contributed by atoms with Gasteiger partial charge in [0.1, 0.15) is 5.75 Å². The normalized spacial score (nSPS) is 15.7. The minimum absolute atomic E-state index is 0.0223. The van der Waals surface area contributed by atoms with Gasteiger partial charge in [-0.15, -0.1) is 0 Å². The predicted octanol–water partition coefficient (Wildman–Crippen LogP) is 3.58. The van der Waals surface area contributed by atoms with Gasteiger partial charge in [-0.2, -0.15) is 0 Å². The second kappa shape index (κ2) is 9.06. The van der Waals surface area contributed by atoms with Gasteiger partial charge in [-0.3, -0.25) is 4.79 Å². The van der Waals surface area contributed by atoms with Crippen LogP contribution in [0.1, 0.15) is 29.9 Å². The molecular weight excluding hydrogens is 348 g/mol. The maximum Gasteiger partial charge on any atom is 0.224 e. The van der Waals surface area contributed by atoms with Gasteiger partial charge in [0.25, 0.3) is 0 Å². The van der Waals surface area contributed by atoms with Crippen molar-refractivity contribution in [3.05, 3.63) is 64.7 Å². The van der Waals surface area contributed by atoms with Gasteiger partial charge in [-0.1, -0.05) is 48.0 Å². The number of hydrogen-bond donors (Lipinski definition) is 2. The van der Waals surface area contributed by atoms with Gasteiger partial charge in [-0.25, -0.2) is 0 Å². The van der Waals surface area contributed by atoms with Crippen LogP contribution in [0.3, 0.4) is 0 Å². The molecule has 0 bridgehead atoms. The molecule has 1 aliphatic heterocycles. The molecule has 0 aliphatic carbocycles. The molecular formula is C21H25ClN2O2. The summed E-state index contributed by atoms with van der Waals surface area (Å²) in [7, 11) is 0. The molecule has 138 valence electrons. The number of amides is 1. The smallest absolute Gasteiger partial charge is 0.224 e. The Balaban J connectivity index is 1.36. The zero-order chi connectivity index (χ0) is 18.4. The third-order valence-electron chi connectivity index (χ3n) is 4.99. The first-order valence-corrected chi connectivity index (χ1v) is 9.51. The van der Waals surface area contributed by atoms with Crippen LogP contribution in [-0.2, 0) is 11.2 Å². The SMILES string of the molecule is O=C(Cc1ccc(O)c(Cl)c1)NCCN1CCC(c2ccccc2)CC1. The lowest BCUT2D eigenvalue weighted by Gasteiger charge is -2.32. The number of carbonyl (C=O) groups is 1. The van der Waals surface area contributed by atoms with Crippen LogP contribution in [0.4, 0.5) is 0 Å². The van der Waals surface area contributed by atoms with Crippen molar-refractivity contribution in [1.29, 1.82) is 0 Å². The molecule has 0 spiro atoms. The summed E-state index contributed by atoms with van der Waals surface area (Å²) in [6.45, 7) is 3.68. The lowest BCUT2D eigenvalue weighted by atomic mass is 9.89. The lowest BCUT2D eigenvalue weighted by molar-refractivity contribution is -0.120. The predicted molar refractivity (Wildman–Crippen MR) is 105 cm³/mol. The number of hydrogen-bond acceptors (Lipinski definition) is 3. The van der Waals surface area contributed by atoms with Crippen molar-refractivity contribution in [1.82, 2.24) is 10.2 Å². The molecule has 0 radical (unpaired) electrons. The van der Waals surface area contributed by atoms with Gasteiger partial charge in [0.15, 0.2) is 0 Å². The van der Waals surface area contributed by atoms with Gasteiger partial charge >= 0.3 is 0 Å². The van der Waals surface area contributed by atoms with Crippen LogP contribution in [0.5, 0.6) is 5.75 Å². The van der Waals surface area contributed by atoms with Crippen LogP contribution in [0.25, 0.3) is 0 Å². The molecule has 2 N–H and O–H groups in total. The molecule has 5 heteroatoms. The molecule has 1 heterocycles. The molecule has 2 aromatic rings. The van der Waals surface area contributed by atoms with Crippen molar-refractivity contribution in [2.24, 2.45) is 0 Å². The highest BCUT2D eigenvalue weighted by Gasteiger charge is 2.20.